The smallest absolute Gasteiger partial charge is 0.234 e. The number of carbonyl (C=O) groups excluding carboxylic acids is 2. The molecular weight excluding hydrogens is 206 g/mol. The van der Waals surface area contributed by atoms with Crippen molar-refractivity contribution in [1.82, 2.24) is 0 Å². The van der Waals surface area contributed by atoms with Crippen molar-refractivity contribution in [1.29, 1.82) is 0 Å². The summed E-state index contributed by atoms with van der Waals surface area (Å²) in [4.78, 5) is 24.2. The van der Waals surface area contributed by atoms with Gasteiger partial charge in [0.05, 0.1) is 19.1 Å². The SMILES string of the molecule is CC(O)c1ccccc1N1CC(=O)CC1=O. The lowest BCUT2D eigenvalue weighted by atomic mass is 10.1. The number of hydrogen-bond acceptors (Lipinski definition) is 3. The van der Waals surface area contributed by atoms with Crippen LogP contribution < -0.4 is 4.90 Å². The maximum Gasteiger partial charge on any atom is 0.234 e. The van der Waals surface area contributed by atoms with Gasteiger partial charge in [0, 0.05) is 11.3 Å². The van der Waals surface area contributed by atoms with E-state index in [-0.39, 0.29) is 24.7 Å². The normalized spacial score (nSPS) is 18.0. The van der Waals surface area contributed by atoms with Gasteiger partial charge in [0.1, 0.15) is 0 Å². The molecular formula is C12H13NO3. The quantitative estimate of drug-likeness (QED) is 0.756. The van der Waals surface area contributed by atoms with Crippen LogP contribution in [0.25, 0.3) is 0 Å². The number of rotatable bonds is 2. The minimum atomic E-state index is -0.653. The first kappa shape index (κ1) is 10.8. The predicted molar refractivity (Wildman–Crippen MR) is 59.1 cm³/mol. The second-order valence-corrected chi connectivity index (χ2v) is 3.93. The first-order valence-electron chi connectivity index (χ1n) is 5.18. The largest absolute Gasteiger partial charge is 0.389 e. The lowest BCUT2D eigenvalue weighted by Gasteiger charge is -2.20. The van der Waals surface area contributed by atoms with Crippen molar-refractivity contribution in [3.63, 3.8) is 0 Å². The van der Waals surface area contributed by atoms with Crippen molar-refractivity contribution in [2.75, 3.05) is 11.4 Å². The summed E-state index contributed by atoms with van der Waals surface area (Å²) < 4.78 is 0. The van der Waals surface area contributed by atoms with Gasteiger partial charge < -0.3 is 10.0 Å². The van der Waals surface area contributed by atoms with Crippen LogP contribution >= 0.6 is 0 Å². The zero-order chi connectivity index (χ0) is 11.7. The Morgan fingerprint density at radius 3 is 2.56 bits per heavy atom. The summed E-state index contributed by atoms with van der Waals surface area (Å²) in [6.07, 6.45) is -0.687. The number of nitrogens with zero attached hydrogens (tertiary/aromatic N) is 1. The summed E-state index contributed by atoms with van der Waals surface area (Å²) in [5, 5.41) is 9.59. The van der Waals surface area contributed by atoms with Crippen LogP contribution in [0, 0.1) is 0 Å². The molecule has 1 unspecified atom stereocenters. The molecule has 1 atom stereocenters. The lowest BCUT2D eigenvalue weighted by molar-refractivity contribution is -0.121. The molecule has 1 fully saturated rings. The number of Topliss-reactive ketones (excluding diaryl/α,β-unsaturated/α-hetero) is 1. The molecule has 0 bridgehead atoms. The van der Waals surface area contributed by atoms with Gasteiger partial charge in [-0.25, -0.2) is 0 Å². The lowest BCUT2D eigenvalue weighted by Crippen LogP contribution is -2.26. The van der Waals surface area contributed by atoms with Crippen LogP contribution in [0.4, 0.5) is 5.69 Å². The summed E-state index contributed by atoms with van der Waals surface area (Å²) in [5.41, 5.74) is 1.30. The van der Waals surface area contributed by atoms with E-state index in [1.165, 1.54) is 4.90 Å². The number of carbonyl (C=O) groups is 2. The van der Waals surface area contributed by atoms with Gasteiger partial charge >= 0.3 is 0 Å². The highest BCUT2D eigenvalue weighted by Crippen LogP contribution is 2.28. The minimum absolute atomic E-state index is 0.0336. The van der Waals surface area contributed by atoms with Gasteiger partial charge in [-0.1, -0.05) is 18.2 Å². The molecule has 1 aromatic carbocycles. The van der Waals surface area contributed by atoms with Crippen LogP contribution in [0.3, 0.4) is 0 Å². The molecule has 2 rings (SSSR count). The van der Waals surface area contributed by atoms with Crippen LogP contribution in [0.5, 0.6) is 0 Å². The molecule has 1 heterocycles. The van der Waals surface area contributed by atoms with E-state index in [4.69, 9.17) is 0 Å². The fourth-order valence-electron chi connectivity index (χ4n) is 1.89. The molecule has 4 nitrogen and oxygen atoms in total. The van der Waals surface area contributed by atoms with Gasteiger partial charge in [-0.3, -0.25) is 9.59 Å². The van der Waals surface area contributed by atoms with Crippen molar-refractivity contribution >= 4 is 17.4 Å². The van der Waals surface area contributed by atoms with Crippen LogP contribution in [0.2, 0.25) is 0 Å². The second kappa shape index (κ2) is 4.06. The average molecular weight is 219 g/mol. The van der Waals surface area contributed by atoms with E-state index in [9.17, 15) is 14.7 Å². The third-order valence-corrected chi connectivity index (χ3v) is 2.66. The minimum Gasteiger partial charge on any atom is -0.389 e. The maximum absolute atomic E-state index is 11.6. The maximum atomic E-state index is 11.6. The van der Waals surface area contributed by atoms with E-state index in [0.29, 0.717) is 11.3 Å². The van der Waals surface area contributed by atoms with Crippen molar-refractivity contribution in [3.8, 4) is 0 Å². The third-order valence-electron chi connectivity index (χ3n) is 2.66. The first-order valence-corrected chi connectivity index (χ1v) is 5.18. The Balaban J connectivity index is 2.40. The van der Waals surface area contributed by atoms with Crippen LogP contribution in [-0.4, -0.2) is 23.3 Å². The molecule has 1 aliphatic rings. The highest BCUT2D eigenvalue weighted by molar-refractivity contribution is 6.15. The molecule has 1 N–H and O–H groups in total. The molecule has 0 radical (unpaired) electrons. The Morgan fingerprint density at radius 2 is 2.00 bits per heavy atom. The Bertz CT molecular complexity index is 440. The van der Waals surface area contributed by atoms with Crippen molar-refractivity contribution in [2.24, 2.45) is 0 Å². The second-order valence-electron chi connectivity index (χ2n) is 3.93. The molecule has 1 saturated heterocycles. The van der Waals surface area contributed by atoms with Gasteiger partial charge in [0.15, 0.2) is 5.78 Å². The zero-order valence-electron chi connectivity index (χ0n) is 9.01. The van der Waals surface area contributed by atoms with Crippen molar-refractivity contribution < 1.29 is 14.7 Å². The van der Waals surface area contributed by atoms with Gasteiger partial charge in [-0.2, -0.15) is 0 Å². The summed E-state index contributed by atoms with van der Waals surface area (Å²) in [7, 11) is 0. The van der Waals surface area contributed by atoms with Gasteiger partial charge in [-0.15, -0.1) is 0 Å². The zero-order valence-corrected chi connectivity index (χ0v) is 9.01. The molecule has 0 aliphatic carbocycles. The highest BCUT2D eigenvalue weighted by Gasteiger charge is 2.30. The fraction of sp³-hybridized carbons (Fsp3) is 0.333. The highest BCUT2D eigenvalue weighted by atomic mass is 16.3. The molecule has 0 saturated carbocycles. The predicted octanol–water partition coefficient (Wildman–Crippen LogP) is 1.05. The summed E-state index contributed by atoms with van der Waals surface area (Å²) in [6, 6.07) is 7.10. The summed E-state index contributed by atoms with van der Waals surface area (Å²) in [6.45, 7) is 1.75. The Morgan fingerprint density at radius 1 is 1.31 bits per heavy atom. The number of ketones is 1. The van der Waals surface area contributed by atoms with E-state index >= 15 is 0 Å². The molecule has 16 heavy (non-hydrogen) atoms. The van der Waals surface area contributed by atoms with E-state index in [2.05, 4.69) is 0 Å². The molecule has 4 heteroatoms. The monoisotopic (exact) mass is 219 g/mol. The summed E-state index contributed by atoms with van der Waals surface area (Å²) >= 11 is 0. The molecule has 0 aromatic heterocycles. The van der Waals surface area contributed by atoms with E-state index in [1.54, 1.807) is 31.2 Å². The number of hydrogen-bond donors (Lipinski definition) is 1. The fourth-order valence-corrected chi connectivity index (χ4v) is 1.89. The molecule has 1 aromatic rings. The third kappa shape index (κ3) is 1.84. The van der Waals surface area contributed by atoms with Gasteiger partial charge in [-0.05, 0) is 13.0 Å². The van der Waals surface area contributed by atoms with E-state index < -0.39 is 6.10 Å². The number of aliphatic hydroxyl groups excluding tert-OH is 1. The van der Waals surface area contributed by atoms with E-state index in [0.717, 1.165) is 0 Å². The molecule has 1 amide bonds. The summed E-state index contributed by atoms with van der Waals surface area (Å²) in [5.74, 6) is -0.275. The number of para-hydroxylation sites is 1. The Labute approximate surface area is 93.5 Å². The van der Waals surface area contributed by atoms with Gasteiger partial charge in [0.2, 0.25) is 5.91 Å². The van der Waals surface area contributed by atoms with Crippen LogP contribution in [-0.2, 0) is 9.59 Å². The Hall–Kier alpha value is -1.68. The number of anilines is 1. The van der Waals surface area contributed by atoms with Gasteiger partial charge in [0.25, 0.3) is 0 Å². The molecule has 0 spiro atoms. The number of amides is 1. The standard InChI is InChI=1S/C12H13NO3/c1-8(14)10-4-2-3-5-11(10)13-7-9(15)6-12(13)16/h2-5,8,14H,6-7H2,1H3. The molecule has 1 aliphatic heterocycles. The molecule has 84 valence electrons. The van der Waals surface area contributed by atoms with Crippen molar-refractivity contribution in [3.05, 3.63) is 29.8 Å². The van der Waals surface area contributed by atoms with Crippen LogP contribution in [0.15, 0.2) is 24.3 Å². The first-order chi connectivity index (χ1) is 7.59. The Kier molecular flexibility index (Phi) is 2.75. The van der Waals surface area contributed by atoms with E-state index in [1.807, 2.05) is 0 Å². The number of aliphatic hydroxyl groups is 1. The topological polar surface area (TPSA) is 57.6 Å². The average Bonchev–Trinajstić information content (AvgIpc) is 2.57. The van der Waals surface area contributed by atoms with Crippen molar-refractivity contribution in [2.45, 2.75) is 19.4 Å². The number of benzene rings is 1. The van der Waals surface area contributed by atoms with Crippen LogP contribution in [0.1, 0.15) is 25.0 Å².